The molecule has 1 aliphatic rings. The summed E-state index contributed by atoms with van der Waals surface area (Å²) in [5.74, 6) is -1.43. The molecule has 1 atom stereocenters. The molecule has 2 amide bonds. The van der Waals surface area contributed by atoms with Gasteiger partial charge in [-0.2, -0.15) is 4.31 Å². The van der Waals surface area contributed by atoms with E-state index in [2.05, 4.69) is 15.6 Å². The minimum Gasteiger partial charge on any atom is -0.464 e. The molecule has 222 valence electrons. The number of ether oxygens (including phenoxy) is 1. The first-order valence-corrected chi connectivity index (χ1v) is 15.3. The Morgan fingerprint density at radius 3 is 2.19 bits per heavy atom. The Morgan fingerprint density at radius 1 is 0.976 bits per heavy atom. The van der Waals surface area contributed by atoms with E-state index in [0.717, 1.165) is 15.4 Å². The highest BCUT2D eigenvalue weighted by atomic mass is 32.2. The van der Waals surface area contributed by atoms with E-state index in [1.807, 2.05) is 6.92 Å². The zero-order valence-electron chi connectivity index (χ0n) is 24.0. The van der Waals surface area contributed by atoms with Crippen molar-refractivity contribution in [1.29, 1.82) is 0 Å². The van der Waals surface area contributed by atoms with Crippen molar-refractivity contribution in [3.8, 4) is 0 Å². The lowest BCUT2D eigenvalue weighted by Gasteiger charge is -2.37. The number of carbonyl (C=O) groups is 3. The summed E-state index contributed by atoms with van der Waals surface area (Å²) in [7, 11) is -2.56. The summed E-state index contributed by atoms with van der Waals surface area (Å²) in [5, 5.41) is 5.63. The highest BCUT2D eigenvalue weighted by Crippen LogP contribution is 2.38. The number of pyridine rings is 1. The van der Waals surface area contributed by atoms with E-state index in [0.29, 0.717) is 36.9 Å². The van der Waals surface area contributed by atoms with Gasteiger partial charge in [0.15, 0.2) is 0 Å². The molecule has 2 N–H and O–H groups in total. The lowest BCUT2D eigenvalue weighted by Crippen LogP contribution is -2.60. The molecule has 0 radical (unpaired) electrons. The molecule has 1 heterocycles. The van der Waals surface area contributed by atoms with Crippen LogP contribution in [0, 0.1) is 6.92 Å². The lowest BCUT2D eigenvalue weighted by molar-refractivity contribution is -0.148. The SMILES string of the molecule is CCOC(=O)[C@H](Cc1ccc(NC(=O)c2ccncc2)cc1)NC(=O)C1(N(C)S(=O)(=O)c2ccc(C)cc2)CCCC1. The molecule has 0 saturated heterocycles. The third kappa shape index (κ3) is 6.85. The minimum atomic E-state index is -3.98. The molecular formula is C31H36N4O6S. The van der Waals surface area contributed by atoms with Gasteiger partial charge in [-0.1, -0.05) is 42.7 Å². The van der Waals surface area contributed by atoms with E-state index < -0.39 is 33.5 Å². The van der Waals surface area contributed by atoms with Crippen LogP contribution < -0.4 is 10.6 Å². The molecule has 4 rings (SSSR count). The van der Waals surface area contributed by atoms with E-state index in [4.69, 9.17) is 4.74 Å². The van der Waals surface area contributed by atoms with E-state index in [1.165, 1.54) is 31.6 Å². The van der Waals surface area contributed by atoms with Gasteiger partial charge in [-0.05, 0) is 68.7 Å². The van der Waals surface area contributed by atoms with Gasteiger partial charge < -0.3 is 15.4 Å². The highest BCUT2D eigenvalue weighted by molar-refractivity contribution is 7.89. The van der Waals surface area contributed by atoms with Gasteiger partial charge in [0, 0.05) is 37.1 Å². The van der Waals surface area contributed by atoms with Crippen LogP contribution in [0.3, 0.4) is 0 Å². The molecule has 0 aliphatic heterocycles. The summed E-state index contributed by atoms with van der Waals surface area (Å²) in [4.78, 5) is 43.3. The molecule has 3 aromatic rings. The van der Waals surface area contributed by atoms with Crippen molar-refractivity contribution in [3.05, 3.63) is 89.7 Å². The maximum atomic E-state index is 13.9. The average Bonchev–Trinajstić information content (AvgIpc) is 3.49. The van der Waals surface area contributed by atoms with Crippen molar-refractivity contribution in [2.45, 2.75) is 62.4 Å². The molecule has 42 heavy (non-hydrogen) atoms. The van der Waals surface area contributed by atoms with E-state index in [9.17, 15) is 22.8 Å². The number of nitrogens with zero attached hydrogens (tertiary/aromatic N) is 2. The number of anilines is 1. The summed E-state index contributed by atoms with van der Waals surface area (Å²) in [6.45, 7) is 3.67. The molecule has 1 aliphatic carbocycles. The summed E-state index contributed by atoms with van der Waals surface area (Å²) in [5.41, 5.74) is 1.33. The van der Waals surface area contributed by atoms with Crippen LogP contribution in [0.2, 0.25) is 0 Å². The second kappa shape index (κ2) is 13.3. The monoisotopic (exact) mass is 592 g/mol. The molecule has 1 fully saturated rings. The fourth-order valence-electron chi connectivity index (χ4n) is 5.14. The van der Waals surface area contributed by atoms with Crippen LogP contribution in [0.4, 0.5) is 5.69 Å². The normalized spacial score (nSPS) is 15.1. The van der Waals surface area contributed by atoms with Crippen molar-refractivity contribution in [1.82, 2.24) is 14.6 Å². The quantitative estimate of drug-likeness (QED) is 0.323. The lowest BCUT2D eigenvalue weighted by atomic mass is 9.95. The number of aryl methyl sites for hydroxylation is 1. The Hall–Kier alpha value is -4.09. The maximum Gasteiger partial charge on any atom is 0.328 e. The average molecular weight is 593 g/mol. The van der Waals surface area contributed by atoms with Crippen LogP contribution in [0.25, 0.3) is 0 Å². The first kappa shape index (κ1) is 30.9. The predicted molar refractivity (Wildman–Crippen MR) is 158 cm³/mol. The smallest absolute Gasteiger partial charge is 0.328 e. The van der Waals surface area contributed by atoms with Crippen molar-refractivity contribution in [2.24, 2.45) is 0 Å². The van der Waals surface area contributed by atoms with Gasteiger partial charge in [0.05, 0.1) is 11.5 Å². The van der Waals surface area contributed by atoms with Gasteiger partial charge in [0.2, 0.25) is 15.9 Å². The number of hydrogen-bond donors (Lipinski definition) is 2. The number of likely N-dealkylation sites (N-methyl/N-ethyl adjacent to an activating group) is 1. The number of aromatic nitrogens is 1. The zero-order valence-corrected chi connectivity index (χ0v) is 24.8. The van der Waals surface area contributed by atoms with Gasteiger partial charge in [0.25, 0.3) is 5.91 Å². The number of hydrogen-bond acceptors (Lipinski definition) is 7. The summed E-state index contributed by atoms with van der Waals surface area (Å²) in [6, 6.07) is 15.6. The van der Waals surface area contributed by atoms with Gasteiger partial charge in [-0.25, -0.2) is 13.2 Å². The van der Waals surface area contributed by atoms with E-state index in [1.54, 1.807) is 55.5 Å². The molecule has 1 aromatic heterocycles. The predicted octanol–water partition coefficient (Wildman–Crippen LogP) is 3.87. The highest BCUT2D eigenvalue weighted by Gasteiger charge is 2.50. The second-order valence-corrected chi connectivity index (χ2v) is 12.4. The van der Waals surface area contributed by atoms with Crippen molar-refractivity contribution in [3.63, 3.8) is 0 Å². The molecule has 2 aromatic carbocycles. The Bertz CT molecular complexity index is 1500. The summed E-state index contributed by atoms with van der Waals surface area (Å²) < 4.78 is 33.6. The molecule has 1 saturated carbocycles. The van der Waals surface area contributed by atoms with Crippen LogP contribution in [-0.4, -0.2) is 60.7 Å². The summed E-state index contributed by atoms with van der Waals surface area (Å²) in [6.07, 6.45) is 5.22. The van der Waals surface area contributed by atoms with Crippen LogP contribution in [0.5, 0.6) is 0 Å². The molecule has 0 bridgehead atoms. The molecule has 0 spiro atoms. The maximum absolute atomic E-state index is 13.9. The minimum absolute atomic E-state index is 0.104. The molecule has 10 nitrogen and oxygen atoms in total. The number of amides is 2. The van der Waals surface area contributed by atoms with Gasteiger partial charge in [0.1, 0.15) is 11.6 Å². The number of sulfonamides is 1. The van der Waals surface area contributed by atoms with Gasteiger partial charge >= 0.3 is 5.97 Å². The van der Waals surface area contributed by atoms with Crippen molar-refractivity contribution < 1.29 is 27.5 Å². The largest absolute Gasteiger partial charge is 0.464 e. The van der Waals surface area contributed by atoms with Crippen LogP contribution in [-0.2, 0) is 30.8 Å². The Balaban J connectivity index is 1.52. The van der Waals surface area contributed by atoms with Crippen LogP contribution in [0.15, 0.2) is 78.0 Å². The standard InChI is InChI=1S/C31H36N4O6S/c1-4-41-29(37)27(21-23-9-11-25(12-10-23)33-28(36)24-15-19-32-20-16-24)34-30(38)31(17-5-6-18-31)35(3)42(39,40)26-13-7-22(2)8-14-26/h7-16,19-20,27H,4-6,17-18,21H2,1-3H3,(H,33,36)(H,34,38)/t27-/m0/s1. The van der Waals surface area contributed by atoms with Crippen molar-refractivity contribution in [2.75, 3.05) is 19.0 Å². The number of rotatable bonds is 11. The molecule has 11 heteroatoms. The number of carbonyl (C=O) groups excluding carboxylic acids is 3. The van der Waals surface area contributed by atoms with E-state index in [-0.39, 0.29) is 23.8 Å². The number of esters is 1. The van der Waals surface area contributed by atoms with Crippen molar-refractivity contribution >= 4 is 33.5 Å². The first-order chi connectivity index (χ1) is 20.1. The second-order valence-electron chi connectivity index (χ2n) is 10.4. The topological polar surface area (TPSA) is 135 Å². The van der Waals surface area contributed by atoms with E-state index >= 15 is 0 Å². The van der Waals surface area contributed by atoms with Crippen LogP contribution >= 0.6 is 0 Å². The van der Waals surface area contributed by atoms with Crippen LogP contribution in [0.1, 0.15) is 54.1 Å². The van der Waals surface area contributed by atoms with Gasteiger partial charge in [-0.15, -0.1) is 0 Å². The summed E-state index contributed by atoms with van der Waals surface area (Å²) >= 11 is 0. The molecular weight excluding hydrogens is 556 g/mol. The first-order valence-electron chi connectivity index (χ1n) is 13.9. The Kier molecular flexibility index (Phi) is 9.74. The Morgan fingerprint density at radius 2 is 1.60 bits per heavy atom. The fourth-order valence-corrected chi connectivity index (χ4v) is 6.66. The third-order valence-corrected chi connectivity index (χ3v) is 9.54. The Labute approximate surface area is 246 Å². The zero-order chi connectivity index (χ0) is 30.3. The number of nitrogens with one attached hydrogen (secondary N) is 2. The van der Waals surface area contributed by atoms with Gasteiger partial charge in [-0.3, -0.25) is 14.6 Å². The molecule has 0 unspecified atom stereocenters. The fraction of sp³-hybridized carbons (Fsp3) is 0.355. The third-order valence-electron chi connectivity index (χ3n) is 7.61. The number of benzene rings is 2.